The molecule has 1 aromatic heterocycles. The van der Waals surface area contributed by atoms with Gasteiger partial charge in [-0.15, -0.1) is 0 Å². The molecule has 4 N–H and O–H groups in total. The summed E-state index contributed by atoms with van der Waals surface area (Å²) >= 11 is 0. The van der Waals surface area contributed by atoms with Crippen LogP contribution in [0.2, 0.25) is 0 Å². The van der Waals surface area contributed by atoms with Crippen molar-refractivity contribution in [1.82, 2.24) is 20.3 Å². The number of rotatable bonds is 18. The number of fused-ring (bicyclic) bond motifs is 2. The predicted molar refractivity (Wildman–Crippen MR) is 183 cm³/mol. The SMILES string of the molecule is CC(=O)NC(Cc1c[nH]c2ccccc12)C(=O)NCCCCCCCCCCNS(=O)(=O)c1cccc2c(N(C)C)cccc12. The summed E-state index contributed by atoms with van der Waals surface area (Å²) in [5.74, 6) is -0.388. The number of hydrogen-bond donors (Lipinski definition) is 4. The van der Waals surface area contributed by atoms with E-state index in [9.17, 15) is 18.0 Å². The minimum atomic E-state index is -3.60. The third-order valence-corrected chi connectivity index (χ3v) is 9.64. The van der Waals surface area contributed by atoms with Gasteiger partial charge in [0, 0.05) is 74.1 Å². The zero-order chi connectivity index (χ0) is 32.2. The summed E-state index contributed by atoms with van der Waals surface area (Å²) in [7, 11) is 0.306. The number of aromatic amines is 1. The van der Waals surface area contributed by atoms with Crippen LogP contribution in [0.25, 0.3) is 21.7 Å². The van der Waals surface area contributed by atoms with Gasteiger partial charge in [-0.3, -0.25) is 9.59 Å². The number of anilines is 1. The molecule has 10 heteroatoms. The van der Waals surface area contributed by atoms with Crippen molar-refractivity contribution in [2.75, 3.05) is 32.1 Å². The lowest BCUT2D eigenvalue weighted by Crippen LogP contribution is -2.47. The topological polar surface area (TPSA) is 123 Å². The Bertz CT molecular complexity index is 1680. The first-order valence-corrected chi connectivity index (χ1v) is 17.4. The molecule has 2 amide bonds. The molecule has 0 radical (unpaired) electrons. The van der Waals surface area contributed by atoms with E-state index >= 15 is 0 Å². The van der Waals surface area contributed by atoms with Crippen LogP contribution >= 0.6 is 0 Å². The number of carbonyl (C=O) groups excluding carboxylic acids is 2. The van der Waals surface area contributed by atoms with Crippen LogP contribution in [0.15, 0.2) is 71.8 Å². The number of amides is 2. The zero-order valence-electron chi connectivity index (χ0n) is 26.7. The molecular formula is C35H47N5O4S. The molecule has 3 aromatic carbocycles. The Morgan fingerprint density at radius 2 is 1.40 bits per heavy atom. The number of H-pyrrole nitrogens is 1. The van der Waals surface area contributed by atoms with Crippen LogP contribution in [0.1, 0.15) is 63.9 Å². The van der Waals surface area contributed by atoms with Gasteiger partial charge in [0.1, 0.15) is 6.04 Å². The highest BCUT2D eigenvalue weighted by Crippen LogP contribution is 2.30. The first-order chi connectivity index (χ1) is 21.7. The van der Waals surface area contributed by atoms with Gasteiger partial charge in [-0.2, -0.15) is 0 Å². The van der Waals surface area contributed by atoms with Crippen molar-refractivity contribution in [3.8, 4) is 0 Å². The van der Waals surface area contributed by atoms with Crippen LogP contribution < -0.4 is 20.3 Å². The molecule has 0 spiro atoms. The van der Waals surface area contributed by atoms with Crippen molar-refractivity contribution < 1.29 is 18.0 Å². The smallest absolute Gasteiger partial charge is 0.242 e. The molecule has 4 rings (SSSR count). The number of unbranched alkanes of at least 4 members (excludes halogenated alkanes) is 7. The summed E-state index contributed by atoms with van der Waals surface area (Å²) in [5.41, 5.74) is 3.00. The van der Waals surface area contributed by atoms with E-state index in [-0.39, 0.29) is 11.8 Å². The van der Waals surface area contributed by atoms with Crippen LogP contribution in [-0.2, 0) is 26.0 Å². The van der Waals surface area contributed by atoms with E-state index in [1.54, 1.807) is 12.1 Å². The first-order valence-electron chi connectivity index (χ1n) is 16.0. The molecular weight excluding hydrogens is 586 g/mol. The van der Waals surface area contributed by atoms with Crippen LogP contribution in [0.5, 0.6) is 0 Å². The predicted octanol–water partition coefficient (Wildman–Crippen LogP) is 5.65. The van der Waals surface area contributed by atoms with E-state index in [1.165, 1.54) is 6.92 Å². The summed E-state index contributed by atoms with van der Waals surface area (Å²) in [4.78, 5) is 30.1. The van der Waals surface area contributed by atoms with Gasteiger partial charge in [0.25, 0.3) is 0 Å². The quantitative estimate of drug-likeness (QED) is 0.106. The highest BCUT2D eigenvalue weighted by atomic mass is 32.2. The lowest BCUT2D eigenvalue weighted by atomic mass is 10.0. The molecule has 242 valence electrons. The minimum absolute atomic E-state index is 0.162. The van der Waals surface area contributed by atoms with Crippen molar-refractivity contribution in [2.45, 2.75) is 75.6 Å². The maximum absolute atomic E-state index is 13.1. The Labute approximate surface area is 267 Å². The van der Waals surface area contributed by atoms with E-state index in [1.807, 2.05) is 73.7 Å². The van der Waals surface area contributed by atoms with Gasteiger partial charge < -0.3 is 20.5 Å². The molecule has 0 saturated heterocycles. The molecule has 0 fully saturated rings. The summed E-state index contributed by atoms with van der Waals surface area (Å²) in [5, 5.41) is 8.50. The molecule has 0 saturated carbocycles. The fourth-order valence-electron chi connectivity index (χ4n) is 5.79. The number of nitrogens with one attached hydrogen (secondary N) is 4. The van der Waals surface area contributed by atoms with Crippen molar-refractivity contribution in [3.63, 3.8) is 0 Å². The molecule has 0 aliphatic rings. The maximum Gasteiger partial charge on any atom is 0.242 e. The average molecular weight is 634 g/mol. The normalized spacial score (nSPS) is 12.3. The highest BCUT2D eigenvalue weighted by Gasteiger charge is 2.21. The molecule has 45 heavy (non-hydrogen) atoms. The Morgan fingerprint density at radius 1 is 0.778 bits per heavy atom. The number of hydrogen-bond acceptors (Lipinski definition) is 5. The van der Waals surface area contributed by atoms with Gasteiger partial charge in [-0.25, -0.2) is 13.1 Å². The summed E-state index contributed by atoms with van der Waals surface area (Å²) < 4.78 is 28.9. The average Bonchev–Trinajstić information content (AvgIpc) is 3.42. The number of benzene rings is 3. The van der Waals surface area contributed by atoms with Crippen molar-refractivity contribution in [3.05, 3.63) is 72.4 Å². The molecule has 1 heterocycles. The second-order valence-electron chi connectivity index (χ2n) is 11.9. The van der Waals surface area contributed by atoms with Crippen LogP contribution in [-0.4, -0.2) is 58.4 Å². The summed E-state index contributed by atoms with van der Waals surface area (Å²) in [6, 6.07) is 18.5. The number of aromatic nitrogens is 1. The van der Waals surface area contributed by atoms with E-state index < -0.39 is 16.1 Å². The van der Waals surface area contributed by atoms with Crippen molar-refractivity contribution in [2.24, 2.45) is 0 Å². The lowest BCUT2D eigenvalue weighted by molar-refractivity contribution is -0.128. The zero-order valence-corrected chi connectivity index (χ0v) is 27.5. The van der Waals surface area contributed by atoms with Crippen molar-refractivity contribution in [1.29, 1.82) is 0 Å². The monoisotopic (exact) mass is 633 g/mol. The Kier molecular flexibility index (Phi) is 12.4. The van der Waals surface area contributed by atoms with Gasteiger partial charge in [0.15, 0.2) is 0 Å². The second kappa shape index (κ2) is 16.4. The van der Waals surface area contributed by atoms with Crippen LogP contribution in [0.3, 0.4) is 0 Å². The van der Waals surface area contributed by atoms with Gasteiger partial charge in [-0.05, 0) is 36.6 Å². The number of para-hydroxylation sites is 1. The standard InChI is InChI=1S/C35H47N5O4S/c1-26(41)39-32(24-27-25-37-31-19-11-10-16-28(27)31)35(42)36-22-12-8-6-4-5-7-9-13-23-38-45(43,44)34-21-15-17-29-30(34)18-14-20-33(29)40(2)3/h10-11,14-21,25,32,37-38H,4-9,12-13,22-24H2,1-3H3,(H,36,42)(H,39,41). The Balaban J connectivity index is 1.08. The van der Waals surface area contributed by atoms with Gasteiger partial charge in [0.2, 0.25) is 21.8 Å². The molecule has 1 atom stereocenters. The van der Waals surface area contributed by atoms with Gasteiger partial charge in [-0.1, -0.05) is 81.0 Å². The molecule has 0 aliphatic carbocycles. The van der Waals surface area contributed by atoms with E-state index in [2.05, 4.69) is 20.3 Å². The molecule has 4 aromatic rings. The lowest BCUT2D eigenvalue weighted by Gasteiger charge is -2.17. The summed E-state index contributed by atoms with van der Waals surface area (Å²) in [6.07, 6.45) is 10.4. The van der Waals surface area contributed by atoms with Crippen molar-refractivity contribution >= 4 is 49.2 Å². The first kappa shape index (κ1) is 34.0. The van der Waals surface area contributed by atoms with Gasteiger partial charge >= 0.3 is 0 Å². The number of carbonyl (C=O) groups is 2. The molecule has 0 bridgehead atoms. The van der Waals surface area contributed by atoms with Crippen LogP contribution in [0.4, 0.5) is 5.69 Å². The third-order valence-electron chi connectivity index (χ3n) is 8.12. The number of sulfonamides is 1. The van der Waals surface area contributed by atoms with E-state index in [0.29, 0.717) is 24.4 Å². The van der Waals surface area contributed by atoms with E-state index in [4.69, 9.17) is 0 Å². The fourth-order valence-corrected chi connectivity index (χ4v) is 7.09. The Morgan fingerprint density at radius 3 is 2.11 bits per heavy atom. The molecule has 0 aliphatic heterocycles. The number of nitrogens with zero attached hydrogens (tertiary/aromatic N) is 1. The second-order valence-corrected chi connectivity index (χ2v) is 13.6. The van der Waals surface area contributed by atoms with Crippen LogP contribution in [0, 0.1) is 0 Å². The maximum atomic E-state index is 13.1. The third kappa shape index (κ3) is 9.55. The largest absolute Gasteiger partial charge is 0.377 e. The summed E-state index contributed by atoms with van der Waals surface area (Å²) in [6.45, 7) is 2.43. The minimum Gasteiger partial charge on any atom is -0.377 e. The van der Waals surface area contributed by atoms with E-state index in [0.717, 1.165) is 84.3 Å². The molecule has 9 nitrogen and oxygen atoms in total. The highest BCUT2D eigenvalue weighted by molar-refractivity contribution is 7.89. The molecule has 1 unspecified atom stereocenters. The fraction of sp³-hybridized carbons (Fsp3) is 0.429. The van der Waals surface area contributed by atoms with Gasteiger partial charge in [0.05, 0.1) is 4.90 Å². The Hall–Kier alpha value is -3.89.